The monoisotopic (exact) mass is 479 g/mol. The molecule has 1 amide bonds. The Balaban J connectivity index is 2.32. The summed E-state index contributed by atoms with van der Waals surface area (Å²) in [6.45, 7) is 0. The largest absolute Gasteiger partial charge is 0.493 e. The maximum atomic E-state index is 12.4. The normalized spacial score (nSPS) is 10.7. The number of carbonyl (C=O) groups is 1. The Morgan fingerprint density at radius 3 is 2.63 bits per heavy atom. The smallest absolute Gasteiger partial charge is 0.271 e. The highest BCUT2D eigenvalue weighted by atomic mass is 127. The van der Waals surface area contributed by atoms with Gasteiger partial charge >= 0.3 is 0 Å². The van der Waals surface area contributed by atoms with Gasteiger partial charge in [0.05, 0.1) is 22.7 Å². The molecule has 9 heteroatoms. The minimum absolute atomic E-state index is 0.162. The summed E-state index contributed by atoms with van der Waals surface area (Å²) < 4.78 is 11.3. The highest BCUT2D eigenvalue weighted by molar-refractivity contribution is 14.1. The second-order valence-corrected chi connectivity index (χ2v) is 6.33. The number of rotatable bonds is 6. The molecule has 0 aliphatic rings. The quantitative estimate of drug-likeness (QED) is 0.222. The van der Waals surface area contributed by atoms with Crippen LogP contribution < -0.4 is 14.8 Å². The van der Waals surface area contributed by atoms with Gasteiger partial charge in [-0.3, -0.25) is 14.9 Å². The predicted octanol–water partition coefficient (Wildman–Crippen LogP) is 3.76. The molecule has 0 fully saturated rings. The zero-order valence-electron chi connectivity index (χ0n) is 14.4. The van der Waals surface area contributed by atoms with Crippen LogP contribution in [0.3, 0.4) is 0 Å². The number of hydrogen-bond acceptors (Lipinski definition) is 6. The first-order chi connectivity index (χ1) is 12.9. The molecule has 1 N–H and O–H groups in total. The first-order valence-electron chi connectivity index (χ1n) is 7.48. The molecule has 0 unspecified atom stereocenters. The lowest BCUT2D eigenvalue weighted by molar-refractivity contribution is -0.384. The lowest BCUT2D eigenvalue weighted by Gasteiger charge is -2.11. The van der Waals surface area contributed by atoms with Crippen LogP contribution in [0.4, 0.5) is 11.4 Å². The van der Waals surface area contributed by atoms with Gasteiger partial charge in [-0.05, 0) is 52.4 Å². The Kier molecular flexibility index (Phi) is 6.73. The maximum Gasteiger partial charge on any atom is 0.271 e. The average Bonchev–Trinajstić information content (AvgIpc) is 2.65. The highest BCUT2D eigenvalue weighted by Crippen LogP contribution is 2.34. The average molecular weight is 479 g/mol. The number of methoxy groups -OCH3 is 2. The van der Waals surface area contributed by atoms with Gasteiger partial charge in [-0.2, -0.15) is 5.26 Å². The van der Waals surface area contributed by atoms with Gasteiger partial charge in [-0.15, -0.1) is 0 Å². The molecule has 138 valence electrons. The second kappa shape index (κ2) is 9.00. The molecule has 0 spiro atoms. The summed E-state index contributed by atoms with van der Waals surface area (Å²) in [6, 6.07) is 10.7. The number of nitro groups is 1. The first-order valence-corrected chi connectivity index (χ1v) is 8.56. The SMILES string of the molecule is COc1cc(C=C(C#N)C(=O)Nc2cccc([N+](=O)[O-])c2)cc(I)c1OC. The molecule has 2 aromatic rings. The number of non-ortho nitro benzene ring substituents is 1. The molecule has 0 heterocycles. The van der Waals surface area contributed by atoms with E-state index < -0.39 is 10.8 Å². The third-order valence-electron chi connectivity index (χ3n) is 3.45. The van der Waals surface area contributed by atoms with Crippen LogP contribution in [0.15, 0.2) is 42.0 Å². The van der Waals surface area contributed by atoms with Gasteiger partial charge in [-0.1, -0.05) is 6.07 Å². The van der Waals surface area contributed by atoms with Crippen LogP contribution in [-0.2, 0) is 4.79 Å². The van der Waals surface area contributed by atoms with Gasteiger partial charge in [0, 0.05) is 17.8 Å². The summed E-state index contributed by atoms with van der Waals surface area (Å²) in [5.74, 6) is 0.338. The molecule has 0 saturated heterocycles. The van der Waals surface area contributed by atoms with Gasteiger partial charge in [0.1, 0.15) is 11.6 Å². The summed E-state index contributed by atoms with van der Waals surface area (Å²) >= 11 is 2.06. The Labute approximate surface area is 168 Å². The Morgan fingerprint density at radius 2 is 2.04 bits per heavy atom. The summed E-state index contributed by atoms with van der Waals surface area (Å²) in [5.41, 5.74) is 0.467. The van der Waals surface area contributed by atoms with E-state index in [-0.39, 0.29) is 16.9 Å². The Bertz CT molecular complexity index is 966. The number of carbonyl (C=O) groups excluding carboxylic acids is 1. The van der Waals surface area contributed by atoms with Crippen molar-refractivity contribution < 1.29 is 19.2 Å². The summed E-state index contributed by atoms with van der Waals surface area (Å²) in [7, 11) is 3.00. The van der Waals surface area contributed by atoms with E-state index in [2.05, 4.69) is 27.9 Å². The molecule has 8 nitrogen and oxygen atoms in total. The molecule has 0 bridgehead atoms. The third-order valence-corrected chi connectivity index (χ3v) is 4.25. The van der Waals surface area contributed by atoms with Gasteiger partial charge in [0.15, 0.2) is 11.5 Å². The summed E-state index contributed by atoms with van der Waals surface area (Å²) in [6.07, 6.45) is 1.40. The molecule has 2 rings (SSSR count). The Morgan fingerprint density at radius 1 is 1.30 bits per heavy atom. The molecule has 0 aliphatic carbocycles. The van der Waals surface area contributed by atoms with Crippen molar-refractivity contribution in [2.45, 2.75) is 0 Å². The number of benzene rings is 2. The standard InChI is InChI=1S/C18H14IN3O5/c1-26-16-8-11(7-15(19)17(16)27-2)6-12(10-20)18(23)21-13-4-3-5-14(9-13)22(24)25/h3-9H,1-2H3,(H,21,23). The predicted molar refractivity (Wildman–Crippen MR) is 108 cm³/mol. The zero-order valence-corrected chi connectivity index (χ0v) is 16.5. The van der Waals surface area contributed by atoms with Gasteiger partial charge < -0.3 is 14.8 Å². The molecule has 0 atom stereocenters. The molecule has 2 aromatic carbocycles. The lowest BCUT2D eigenvalue weighted by atomic mass is 10.1. The van der Waals surface area contributed by atoms with E-state index in [9.17, 15) is 20.2 Å². The summed E-state index contributed by atoms with van der Waals surface area (Å²) in [4.78, 5) is 22.6. The number of ether oxygens (including phenoxy) is 2. The number of halogens is 1. The van der Waals surface area contributed by atoms with Crippen molar-refractivity contribution in [1.29, 1.82) is 5.26 Å². The Hall–Kier alpha value is -3.13. The summed E-state index contributed by atoms with van der Waals surface area (Å²) in [5, 5.41) is 22.6. The van der Waals surface area contributed by atoms with Crippen LogP contribution in [0.25, 0.3) is 6.08 Å². The van der Waals surface area contributed by atoms with Crippen molar-refractivity contribution in [3.8, 4) is 17.6 Å². The van der Waals surface area contributed by atoms with Gasteiger partial charge in [0.25, 0.3) is 11.6 Å². The fourth-order valence-corrected chi connectivity index (χ4v) is 3.08. The van der Waals surface area contributed by atoms with Crippen molar-refractivity contribution in [3.05, 3.63) is 61.2 Å². The van der Waals surface area contributed by atoms with E-state index in [1.165, 1.54) is 44.6 Å². The van der Waals surface area contributed by atoms with E-state index in [0.717, 1.165) is 3.57 Å². The topological polar surface area (TPSA) is 114 Å². The molecule has 0 radical (unpaired) electrons. The first kappa shape index (κ1) is 20.2. The third kappa shape index (κ3) is 4.95. The molecular formula is C18H14IN3O5. The molecular weight excluding hydrogens is 465 g/mol. The molecule has 0 aliphatic heterocycles. The number of nitriles is 1. The van der Waals surface area contributed by atoms with Crippen LogP contribution in [0.5, 0.6) is 11.5 Å². The molecule has 27 heavy (non-hydrogen) atoms. The van der Waals surface area contributed by atoms with Crippen LogP contribution in [0.1, 0.15) is 5.56 Å². The molecule has 0 aromatic heterocycles. The lowest BCUT2D eigenvalue weighted by Crippen LogP contribution is -2.13. The second-order valence-electron chi connectivity index (χ2n) is 5.17. The van der Waals surface area contributed by atoms with E-state index >= 15 is 0 Å². The van der Waals surface area contributed by atoms with Crippen LogP contribution >= 0.6 is 22.6 Å². The van der Waals surface area contributed by atoms with Crippen molar-refractivity contribution in [3.63, 3.8) is 0 Å². The van der Waals surface area contributed by atoms with Crippen LogP contribution in [0.2, 0.25) is 0 Å². The number of hydrogen-bond donors (Lipinski definition) is 1. The fourth-order valence-electron chi connectivity index (χ4n) is 2.23. The van der Waals surface area contributed by atoms with Crippen molar-refractivity contribution in [2.24, 2.45) is 0 Å². The minimum atomic E-state index is -0.678. The molecule has 0 saturated carbocycles. The van der Waals surface area contributed by atoms with Gasteiger partial charge in [-0.25, -0.2) is 0 Å². The number of nitro benzene ring substituents is 1. The number of anilines is 1. The van der Waals surface area contributed by atoms with E-state index in [1.807, 2.05) is 6.07 Å². The van der Waals surface area contributed by atoms with Gasteiger partial charge in [0.2, 0.25) is 0 Å². The van der Waals surface area contributed by atoms with Crippen molar-refractivity contribution >= 4 is 45.9 Å². The van der Waals surface area contributed by atoms with E-state index in [4.69, 9.17) is 9.47 Å². The number of nitrogens with one attached hydrogen (secondary N) is 1. The zero-order chi connectivity index (χ0) is 20.0. The van der Waals surface area contributed by atoms with E-state index in [1.54, 1.807) is 12.1 Å². The maximum absolute atomic E-state index is 12.4. The minimum Gasteiger partial charge on any atom is -0.493 e. The van der Waals surface area contributed by atoms with Crippen molar-refractivity contribution in [1.82, 2.24) is 0 Å². The number of amides is 1. The fraction of sp³-hybridized carbons (Fsp3) is 0.111. The number of nitrogens with zero attached hydrogens (tertiary/aromatic N) is 2. The van der Waals surface area contributed by atoms with Crippen molar-refractivity contribution in [2.75, 3.05) is 19.5 Å². The highest BCUT2D eigenvalue weighted by Gasteiger charge is 2.14. The van der Waals surface area contributed by atoms with E-state index in [0.29, 0.717) is 17.1 Å². The van der Waals surface area contributed by atoms with Crippen LogP contribution in [0, 0.1) is 25.0 Å². The van der Waals surface area contributed by atoms with Crippen LogP contribution in [-0.4, -0.2) is 25.1 Å².